The number of halogens is 1. The van der Waals surface area contributed by atoms with Gasteiger partial charge in [-0.05, 0) is 35.7 Å². The summed E-state index contributed by atoms with van der Waals surface area (Å²) >= 11 is 3.45. The number of rotatable bonds is 3. The second-order valence-electron chi connectivity index (χ2n) is 4.25. The van der Waals surface area contributed by atoms with Gasteiger partial charge in [0, 0.05) is 30.9 Å². The van der Waals surface area contributed by atoms with Crippen molar-refractivity contribution >= 4 is 15.9 Å². The molecule has 1 aliphatic carbocycles. The number of imidazole rings is 1. The Bertz CT molecular complexity index is 545. The Morgan fingerprint density at radius 1 is 1.41 bits per heavy atom. The highest BCUT2D eigenvalue weighted by Crippen LogP contribution is 2.39. The maximum Gasteiger partial charge on any atom is 0.158 e. The van der Waals surface area contributed by atoms with E-state index in [1.54, 1.807) is 0 Å². The van der Waals surface area contributed by atoms with Crippen LogP contribution < -0.4 is 0 Å². The van der Waals surface area contributed by atoms with Crippen LogP contribution in [0.15, 0.2) is 23.1 Å². The SMILES string of the molecule is CCn1ccnc1-c1cc(Br)nc(C2CC2)n1. The fraction of sp³-hybridized carbons (Fsp3) is 0.417. The van der Waals surface area contributed by atoms with E-state index >= 15 is 0 Å². The highest BCUT2D eigenvalue weighted by molar-refractivity contribution is 9.10. The van der Waals surface area contributed by atoms with Crippen LogP contribution >= 0.6 is 15.9 Å². The van der Waals surface area contributed by atoms with Crippen LogP contribution in [-0.2, 0) is 6.54 Å². The normalized spacial score (nSPS) is 15.2. The zero-order chi connectivity index (χ0) is 11.8. The minimum atomic E-state index is 0.552. The third-order valence-electron chi connectivity index (χ3n) is 2.94. The molecule has 88 valence electrons. The summed E-state index contributed by atoms with van der Waals surface area (Å²) in [5, 5.41) is 0. The molecule has 0 aliphatic heterocycles. The second-order valence-corrected chi connectivity index (χ2v) is 5.06. The minimum absolute atomic E-state index is 0.552. The Kier molecular flexibility index (Phi) is 2.70. The van der Waals surface area contributed by atoms with Crippen LogP contribution in [0.2, 0.25) is 0 Å². The first-order valence-corrected chi connectivity index (χ1v) is 6.63. The Morgan fingerprint density at radius 2 is 2.24 bits per heavy atom. The molecule has 0 aromatic carbocycles. The van der Waals surface area contributed by atoms with E-state index in [-0.39, 0.29) is 0 Å². The van der Waals surface area contributed by atoms with Crippen LogP contribution in [0.3, 0.4) is 0 Å². The summed E-state index contributed by atoms with van der Waals surface area (Å²) in [5.41, 5.74) is 0.903. The molecule has 2 aromatic rings. The molecule has 0 saturated heterocycles. The first-order valence-electron chi connectivity index (χ1n) is 5.84. The molecular formula is C12H13BrN4. The van der Waals surface area contributed by atoms with Crippen molar-refractivity contribution in [3.8, 4) is 11.5 Å². The van der Waals surface area contributed by atoms with Gasteiger partial charge in [0.2, 0.25) is 0 Å². The lowest BCUT2D eigenvalue weighted by molar-refractivity contribution is 0.765. The van der Waals surface area contributed by atoms with Gasteiger partial charge in [0.05, 0.1) is 0 Å². The highest BCUT2D eigenvalue weighted by atomic mass is 79.9. The van der Waals surface area contributed by atoms with E-state index in [0.29, 0.717) is 5.92 Å². The van der Waals surface area contributed by atoms with Gasteiger partial charge in [0.1, 0.15) is 16.1 Å². The maximum absolute atomic E-state index is 4.62. The van der Waals surface area contributed by atoms with E-state index < -0.39 is 0 Å². The van der Waals surface area contributed by atoms with Gasteiger partial charge >= 0.3 is 0 Å². The lowest BCUT2D eigenvalue weighted by atomic mass is 10.3. The molecule has 4 nitrogen and oxygen atoms in total. The number of aryl methyl sites for hydroxylation is 1. The third-order valence-corrected chi connectivity index (χ3v) is 3.35. The Labute approximate surface area is 108 Å². The topological polar surface area (TPSA) is 43.6 Å². The summed E-state index contributed by atoms with van der Waals surface area (Å²) in [4.78, 5) is 13.4. The smallest absolute Gasteiger partial charge is 0.158 e. The van der Waals surface area contributed by atoms with Gasteiger partial charge in [-0.1, -0.05) is 0 Å². The van der Waals surface area contributed by atoms with E-state index in [4.69, 9.17) is 0 Å². The first kappa shape index (κ1) is 10.9. The van der Waals surface area contributed by atoms with Crippen molar-refractivity contribution in [3.63, 3.8) is 0 Å². The molecule has 0 amide bonds. The predicted molar refractivity (Wildman–Crippen MR) is 68.6 cm³/mol. The van der Waals surface area contributed by atoms with Crippen LogP contribution in [0, 0.1) is 0 Å². The van der Waals surface area contributed by atoms with E-state index in [1.807, 2.05) is 18.5 Å². The van der Waals surface area contributed by atoms with Gasteiger partial charge < -0.3 is 4.57 Å². The standard InChI is InChI=1S/C12H13BrN4/c1-2-17-6-5-14-12(17)9-7-10(13)16-11(15-9)8-3-4-8/h5-8H,2-4H2,1H3. The Balaban J connectivity index is 2.07. The summed E-state index contributed by atoms with van der Waals surface area (Å²) < 4.78 is 2.93. The minimum Gasteiger partial charge on any atom is -0.330 e. The third kappa shape index (κ3) is 2.11. The molecule has 0 N–H and O–H groups in total. The average Bonchev–Trinajstić information content (AvgIpc) is 3.06. The van der Waals surface area contributed by atoms with Crippen LogP contribution in [0.4, 0.5) is 0 Å². The fourth-order valence-corrected chi connectivity index (χ4v) is 2.27. The molecule has 0 bridgehead atoms. The largest absolute Gasteiger partial charge is 0.330 e. The van der Waals surface area contributed by atoms with Crippen molar-refractivity contribution in [2.45, 2.75) is 32.2 Å². The lowest BCUT2D eigenvalue weighted by Crippen LogP contribution is -2.01. The molecule has 0 spiro atoms. The fourth-order valence-electron chi connectivity index (χ4n) is 1.87. The highest BCUT2D eigenvalue weighted by Gasteiger charge is 2.27. The zero-order valence-corrected chi connectivity index (χ0v) is 11.2. The summed E-state index contributed by atoms with van der Waals surface area (Å²) in [7, 11) is 0. The van der Waals surface area contributed by atoms with Crippen LogP contribution in [-0.4, -0.2) is 19.5 Å². The van der Waals surface area contributed by atoms with Crippen LogP contribution in [0.1, 0.15) is 31.5 Å². The number of aromatic nitrogens is 4. The van der Waals surface area contributed by atoms with Crippen molar-refractivity contribution in [3.05, 3.63) is 28.9 Å². The lowest BCUT2D eigenvalue weighted by Gasteiger charge is -2.06. The molecule has 1 saturated carbocycles. The van der Waals surface area contributed by atoms with Gasteiger partial charge in [0.25, 0.3) is 0 Å². The molecule has 1 fully saturated rings. The summed E-state index contributed by atoms with van der Waals surface area (Å²) in [6.07, 6.45) is 6.20. The van der Waals surface area contributed by atoms with Gasteiger partial charge in [-0.15, -0.1) is 0 Å². The van der Waals surface area contributed by atoms with Crippen LogP contribution in [0.25, 0.3) is 11.5 Å². The second kappa shape index (κ2) is 4.22. The number of nitrogens with zero attached hydrogens (tertiary/aromatic N) is 4. The Morgan fingerprint density at radius 3 is 2.94 bits per heavy atom. The van der Waals surface area contributed by atoms with Crippen molar-refractivity contribution in [2.75, 3.05) is 0 Å². The van der Waals surface area contributed by atoms with E-state index in [9.17, 15) is 0 Å². The molecule has 2 heterocycles. The van der Waals surface area contributed by atoms with Crippen molar-refractivity contribution in [1.29, 1.82) is 0 Å². The monoisotopic (exact) mass is 292 g/mol. The zero-order valence-electron chi connectivity index (χ0n) is 9.60. The van der Waals surface area contributed by atoms with Crippen LogP contribution in [0.5, 0.6) is 0 Å². The summed E-state index contributed by atoms with van der Waals surface area (Å²) in [5.74, 6) is 2.41. The maximum atomic E-state index is 4.62. The van der Waals surface area contributed by atoms with Crippen molar-refractivity contribution in [1.82, 2.24) is 19.5 Å². The van der Waals surface area contributed by atoms with E-state index in [0.717, 1.165) is 28.5 Å². The van der Waals surface area contributed by atoms with Crippen molar-refractivity contribution in [2.24, 2.45) is 0 Å². The number of hydrogen-bond acceptors (Lipinski definition) is 3. The predicted octanol–water partition coefficient (Wildman–Crippen LogP) is 3.00. The molecular weight excluding hydrogens is 280 g/mol. The average molecular weight is 293 g/mol. The van der Waals surface area contributed by atoms with Gasteiger partial charge in [-0.25, -0.2) is 15.0 Å². The molecule has 1 aliphatic rings. The van der Waals surface area contributed by atoms with E-state index in [2.05, 4.69) is 42.4 Å². The van der Waals surface area contributed by atoms with Gasteiger partial charge in [-0.3, -0.25) is 0 Å². The molecule has 2 aromatic heterocycles. The van der Waals surface area contributed by atoms with Gasteiger partial charge in [-0.2, -0.15) is 0 Å². The Hall–Kier alpha value is -1.23. The molecule has 0 radical (unpaired) electrons. The van der Waals surface area contributed by atoms with Gasteiger partial charge in [0.15, 0.2) is 5.82 Å². The quantitative estimate of drug-likeness (QED) is 0.817. The molecule has 0 unspecified atom stereocenters. The summed E-state index contributed by atoms with van der Waals surface area (Å²) in [6.45, 7) is 3.00. The van der Waals surface area contributed by atoms with Crippen molar-refractivity contribution < 1.29 is 0 Å². The molecule has 5 heteroatoms. The van der Waals surface area contributed by atoms with E-state index in [1.165, 1.54) is 12.8 Å². The number of hydrogen-bond donors (Lipinski definition) is 0. The molecule has 3 rings (SSSR count). The molecule has 17 heavy (non-hydrogen) atoms. The molecule has 0 atom stereocenters. The summed E-state index contributed by atoms with van der Waals surface area (Å²) in [6, 6.07) is 1.93. The first-order chi connectivity index (χ1) is 8.28.